The molecule has 3 heterocycles. The number of hydrogen-bond acceptors (Lipinski definition) is 5. The Kier molecular flexibility index (Phi) is 7.37. The summed E-state index contributed by atoms with van der Waals surface area (Å²) < 4.78 is 15.5. The van der Waals surface area contributed by atoms with E-state index in [4.69, 9.17) is 13.8 Å². The number of nitrogens with zero attached hydrogens (tertiary/aromatic N) is 2. The van der Waals surface area contributed by atoms with Crippen LogP contribution in [0.4, 0.5) is 17.1 Å². The summed E-state index contributed by atoms with van der Waals surface area (Å²) in [5.41, 5.74) is 11.9. The van der Waals surface area contributed by atoms with Crippen molar-refractivity contribution < 1.29 is 8.83 Å². The summed E-state index contributed by atoms with van der Waals surface area (Å²) in [7, 11) is 0. The highest BCUT2D eigenvalue weighted by Crippen LogP contribution is 2.44. The third-order valence-electron chi connectivity index (χ3n) is 11.3. The number of furan rings is 1. The molecule has 0 saturated carbocycles. The molecule has 0 radical (unpaired) electrons. The van der Waals surface area contributed by atoms with Crippen molar-refractivity contribution in [1.82, 2.24) is 4.98 Å². The monoisotopic (exact) mass is 760 g/mol. The molecule has 0 aliphatic heterocycles. The summed E-state index contributed by atoms with van der Waals surface area (Å²) in [5, 5.41) is 7.13. The lowest BCUT2D eigenvalue weighted by Crippen LogP contribution is -2.09. The molecule has 0 fully saturated rings. The van der Waals surface area contributed by atoms with Gasteiger partial charge in [-0.1, -0.05) is 109 Å². The predicted octanol–water partition coefficient (Wildman–Crippen LogP) is 15.7. The van der Waals surface area contributed by atoms with Crippen LogP contribution in [0.5, 0.6) is 0 Å². The van der Waals surface area contributed by atoms with Crippen LogP contribution < -0.4 is 4.90 Å². The zero-order chi connectivity index (χ0) is 38.2. The van der Waals surface area contributed by atoms with Crippen molar-refractivity contribution in [3.8, 4) is 33.7 Å². The summed E-state index contributed by atoms with van der Waals surface area (Å²) >= 11 is 1.84. The molecule has 12 rings (SSSR count). The molecule has 4 nitrogen and oxygen atoms in total. The first-order valence-electron chi connectivity index (χ1n) is 19.4. The largest absolute Gasteiger partial charge is 0.455 e. The minimum Gasteiger partial charge on any atom is -0.455 e. The molecule has 0 atom stereocenters. The van der Waals surface area contributed by atoms with E-state index in [1.54, 1.807) is 0 Å². The van der Waals surface area contributed by atoms with E-state index in [0.29, 0.717) is 5.89 Å². The summed E-state index contributed by atoms with van der Waals surface area (Å²) in [5.74, 6) is 0.623. The van der Waals surface area contributed by atoms with Crippen molar-refractivity contribution in [3.05, 3.63) is 194 Å². The second-order valence-corrected chi connectivity index (χ2v) is 15.8. The van der Waals surface area contributed by atoms with Crippen LogP contribution in [-0.4, -0.2) is 4.98 Å². The van der Waals surface area contributed by atoms with Crippen LogP contribution in [0.15, 0.2) is 203 Å². The zero-order valence-corrected chi connectivity index (χ0v) is 31.9. The minimum absolute atomic E-state index is 0.623. The van der Waals surface area contributed by atoms with E-state index in [-0.39, 0.29) is 0 Å². The van der Waals surface area contributed by atoms with E-state index < -0.39 is 0 Å². The van der Waals surface area contributed by atoms with Crippen molar-refractivity contribution >= 4 is 92.4 Å². The van der Waals surface area contributed by atoms with Crippen LogP contribution in [0.25, 0.3) is 97.7 Å². The van der Waals surface area contributed by atoms with Crippen LogP contribution in [0, 0.1) is 0 Å². The maximum atomic E-state index is 6.81. The molecule has 272 valence electrons. The number of para-hydroxylation sites is 1. The molecule has 9 aromatic carbocycles. The quantitative estimate of drug-likeness (QED) is 0.169. The first kappa shape index (κ1) is 32.7. The molecule has 0 N–H and O–H groups in total. The Balaban J connectivity index is 0.965. The molecule has 58 heavy (non-hydrogen) atoms. The molecule has 5 heteroatoms. The lowest BCUT2D eigenvalue weighted by Gasteiger charge is -2.25. The Hall–Kier alpha value is -7.47. The van der Waals surface area contributed by atoms with Crippen LogP contribution in [0.1, 0.15) is 0 Å². The van der Waals surface area contributed by atoms with Gasteiger partial charge in [0.1, 0.15) is 16.7 Å². The highest BCUT2D eigenvalue weighted by molar-refractivity contribution is 7.25. The van der Waals surface area contributed by atoms with Crippen molar-refractivity contribution in [3.63, 3.8) is 0 Å². The number of rotatable bonds is 6. The van der Waals surface area contributed by atoms with E-state index in [1.165, 1.54) is 30.9 Å². The Bertz CT molecular complexity index is 3510. The van der Waals surface area contributed by atoms with Gasteiger partial charge in [0.25, 0.3) is 0 Å². The average Bonchev–Trinajstić information content (AvgIpc) is 4.00. The highest BCUT2D eigenvalue weighted by atomic mass is 32.1. The molecule has 12 aromatic rings. The molecule has 0 amide bonds. The van der Waals surface area contributed by atoms with E-state index in [9.17, 15) is 0 Å². The van der Waals surface area contributed by atoms with Gasteiger partial charge in [0.15, 0.2) is 5.58 Å². The molecular formula is C53H32N2O2S. The van der Waals surface area contributed by atoms with Gasteiger partial charge in [-0.25, -0.2) is 4.98 Å². The fraction of sp³-hybridized carbons (Fsp3) is 0. The van der Waals surface area contributed by atoms with E-state index in [0.717, 1.165) is 77.9 Å². The third kappa shape index (κ3) is 5.32. The number of anilines is 3. The summed E-state index contributed by atoms with van der Waals surface area (Å²) in [6.45, 7) is 0. The standard InChI is InChI=1S/C53H32N2O2S/c1-3-11-34(12-4-1)53-54-46-31-36(22-28-48(46)57-53)35-21-27-47-45(29-35)51-41-16-8-7-13-37(41)30-44(52(51)56-47)33-19-23-39(24-20-33)55(38-14-5-2-6-15-38)40-25-26-43-42-17-9-10-18-49(42)58-50(43)32-40/h1-32H. The zero-order valence-electron chi connectivity index (χ0n) is 31.1. The molecule has 0 aliphatic rings. The minimum atomic E-state index is 0.623. The van der Waals surface area contributed by atoms with Crippen LogP contribution >= 0.6 is 11.3 Å². The van der Waals surface area contributed by atoms with E-state index >= 15 is 0 Å². The third-order valence-corrected chi connectivity index (χ3v) is 12.4. The Morgan fingerprint density at radius 3 is 1.91 bits per heavy atom. The van der Waals surface area contributed by atoms with Crippen LogP contribution in [-0.2, 0) is 0 Å². The van der Waals surface area contributed by atoms with Crippen molar-refractivity contribution in [1.29, 1.82) is 0 Å². The van der Waals surface area contributed by atoms with Gasteiger partial charge in [0.2, 0.25) is 5.89 Å². The topological polar surface area (TPSA) is 42.4 Å². The van der Waals surface area contributed by atoms with Gasteiger partial charge in [0.05, 0.1) is 0 Å². The lowest BCUT2D eigenvalue weighted by molar-refractivity contribution is 0.620. The average molecular weight is 761 g/mol. The van der Waals surface area contributed by atoms with Crippen molar-refractivity contribution in [2.24, 2.45) is 0 Å². The number of hydrogen-bond donors (Lipinski definition) is 0. The second kappa shape index (κ2) is 13.1. The Morgan fingerprint density at radius 2 is 1.07 bits per heavy atom. The molecule has 0 unspecified atom stereocenters. The molecule has 0 bridgehead atoms. The van der Waals surface area contributed by atoms with Gasteiger partial charge >= 0.3 is 0 Å². The second-order valence-electron chi connectivity index (χ2n) is 14.7. The molecule has 0 aliphatic carbocycles. The maximum absolute atomic E-state index is 6.81. The fourth-order valence-corrected chi connectivity index (χ4v) is 9.64. The normalized spacial score (nSPS) is 11.8. The molecule has 0 spiro atoms. The van der Waals surface area contributed by atoms with E-state index in [1.807, 2.05) is 47.7 Å². The van der Waals surface area contributed by atoms with Gasteiger partial charge in [-0.05, 0) is 112 Å². The van der Waals surface area contributed by atoms with E-state index in [2.05, 4.69) is 163 Å². The number of oxazole rings is 1. The summed E-state index contributed by atoms with van der Waals surface area (Å²) in [6, 6.07) is 68.6. The number of thiophene rings is 1. The van der Waals surface area contributed by atoms with Crippen molar-refractivity contribution in [2.75, 3.05) is 4.90 Å². The highest BCUT2D eigenvalue weighted by Gasteiger charge is 2.19. The smallest absolute Gasteiger partial charge is 0.227 e. The summed E-state index contributed by atoms with van der Waals surface area (Å²) in [4.78, 5) is 7.18. The number of benzene rings is 9. The number of fused-ring (bicyclic) bond motifs is 9. The maximum Gasteiger partial charge on any atom is 0.227 e. The van der Waals surface area contributed by atoms with Crippen molar-refractivity contribution in [2.45, 2.75) is 0 Å². The predicted molar refractivity (Wildman–Crippen MR) is 243 cm³/mol. The fourth-order valence-electron chi connectivity index (χ4n) is 8.50. The SMILES string of the molecule is c1ccc(-c2nc3cc(-c4ccc5oc6c(-c7ccc(N(c8ccccc8)c8ccc9c(c8)sc8ccccc89)cc7)cc7ccccc7c6c5c4)ccc3o2)cc1. The van der Waals surface area contributed by atoms with Gasteiger partial charge in [-0.3, -0.25) is 0 Å². The van der Waals surface area contributed by atoms with Gasteiger partial charge < -0.3 is 13.7 Å². The first-order valence-corrected chi connectivity index (χ1v) is 20.2. The number of aromatic nitrogens is 1. The summed E-state index contributed by atoms with van der Waals surface area (Å²) in [6.07, 6.45) is 0. The van der Waals surface area contributed by atoms with Crippen LogP contribution in [0.3, 0.4) is 0 Å². The Labute approximate surface area is 337 Å². The Morgan fingerprint density at radius 1 is 0.414 bits per heavy atom. The van der Waals surface area contributed by atoms with Gasteiger partial charge in [-0.2, -0.15) is 0 Å². The first-order chi connectivity index (χ1) is 28.7. The lowest BCUT2D eigenvalue weighted by atomic mass is 9.95. The van der Waals surface area contributed by atoms with Gasteiger partial charge in [0, 0.05) is 59.1 Å². The van der Waals surface area contributed by atoms with Crippen LogP contribution in [0.2, 0.25) is 0 Å². The molecular weight excluding hydrogens is 729 g/mol. The molecule has 3 aromatic heterocycles. The molecule has 0 saturated heterocycles. The van der Waals surface area contributed by atoms with Gasteiger partial charge in [-0.15, -0.1) is 11.3 Å².